The van der Waals surface area contributed by atoms with Crippen molar-refractivity contribution in [2.75, 3.05) is 19.8 Å². The SMILES string of the molecule is CCOc1cc(/C=C2\SC(=Nc3cccc(C(=O)O)c3)N(CC)C2=O)ccc1OCC(=O)O. The second kappa shape index (κ2) is 10.7. The van der Waals surface area contributed by atoms with Crippen molar-refractivity contribution in [2.24, 2.45) is 4.99 Å². The van der Waals surface area contributed by atoms with Crippen LogP contribution in [0.25, 0.3) is 6.08 Å². The maximum Gasteiger partial charge on any atom is 0.341 e. The largest absolute Gasteiger partial charge is 0.490 e. The van der Waals surface area contributed by atoms with Crippen LogP contribution in [0.3, 0.4) is 0 Å². The minimum atomic E-state index is -1.10. The predicted octanol–water partition coefficient (Wildman–Crippen LogP) is 3.87. The predicted molar refractivity (Wildman–Crippen MR) is 124 cm³/mol. The Kier molecular flexibility index (Phi) is 7.73. The summed E-state index contributed by atoms with van der Waals surface area (Å²) in [5.41, 5.74) is 1.21. The Morgan fingerprint density at radius 2 is 1.88 bits per heavy atom. The third-order valence-electron chi connectivity index (χ3n) is 4.44. The first-order valence-electron chi connectivity index (χ1n) is 10.1. The molecule has 3 rings (SSSR count). The van der Waals surface area contributed by atoms with Gasteiger partial charge in [-0.3, -0.25) is 9.69 Å². The fourth-order valence-electron chi connectivity index (χ4n) is 2.98. The zero-order valence-electron chi connectivity index (χ0n) is 18.0. The van der Waals surface area contributed by atoms with E-state index in [9.17, 15) is 19.5 Å². The van der Waals surface area contributed by atoms with Crippen LogP contribution in [-0.4, -0.2) is 57.9 Å². The Balaban J connectivity index is 1.90. The minimum Gasteiger partial charge on any atom is -0.490 e. The van der Waals surface area contributed by atoms with E-state index in [0.717, 1.165) is 0 Å². The molecule has 1 fully saturated rings. The fraction of sp³-hybridized carbons (Fsp3) is 0.217. The molecule has 1 amide bonds. The van der Waals surface area contributed by atoms with Crippen molar-refractivity contribution in [3.05, 3.63) is 58.5 Å². The zero-order valence-corrected chi connectivity index (χ0v) is 18.8. The molecule has 1 aliphatic heterocycles. The molecule has 2 aromatic carbocycles. The second-order valence-corrected chi connectivity index (χ2v) is 7.74. The van der Waals surface area contributed by atoms with Crippen LogP contribution in [0.1, 0.15) is 29.8 Å². The quantitative estimate of drug-likeness (QED) is 0.529. The van der Waals surface area contributed by atoms with Crippen LogP contribution in [0.2, 0.25) is 0 Å². The molecule has 0 radical (unpaired) electrons. The Morgan fingerprint density at radius 1 is 1.09 bits per heavy atom. The topological polar surface area (TPSA) is 126 Å². The summed E-state index contributed by atoms with van der Waals surface area (Å²) in [5.74, 6) is -1.71. The number of carbonyl (C=O) groups excluding carboxylic acids is 1. The molecule has 1 saturated heterocycles. The summed E-state index contributed by atoms with van der Waals surface area (Å²) in [4.78, 5) is 41.3. The summed E-state index contributed by atoms with van der Waals surface area (Å²) in [6, 6.07) is 11.1. The molecular formula is C23H22N2O7S. The molecule has 0 atom stereocenters. The van der Waals surface area contributed by atoms with E-state index >= 15 is 0 Å². The van der Waals surface area contributed by atoms with E-state index < -0.39 is 18.5 Å². The number of amidine groups is 1. The van der Waals surface area contributed by atoms with Crippen molar-refractivity contribution in [2.45, 2.75) is 13.8 Å². The minimum absolute atomic E-state index is 0.110. The van der Waals surface area contributed by atoms with Crippen molar-refractivity contribution >= 4 is 46.5 Å². The van der Waals surface area contributed by atoms with E-state index in [2.05, 4.69) is 4.99 Å². The number of amides is 1. The summed E-state index contributed by atoms with van der Waals surface area (Å²) >= 11 is 1.18. The van der Waals surface area contributed by atoms with E-state index in [-0.39, 0.29) is 11.5 Å². The van der Waals surface area contributed by atoms with Crippen molar-refractivity contribution in [3.63, 3.8) is 0 Å². The smallest absolute Gasteiger partial charge is 0.341 e. The standard InChI is InChI=1S/C23H22N2O7S/c1-3-25-21(28)19(33-23(25)24-16-7-5-6-15(12-16)22(29)30)11-14-8-9-17(32-13-20(26)27)18(10-14)31-4-2/h5-12H,3-4,13H2,1-2H3,(H,26,27)(H,29,30)/b19-11-,24-23?. The lowest BCUT2D eigenvalue weighted by atomic mass is 10.2. The number of aromatic carboxylic acids is 1. The highest BCUT2D eigenvalue weighted by molar-refractivity contribution is 8.18. The van der Waals surface area contributed by atoms with E-state index in [0.29, 0.717) is 46.0 Å². The molecule has 2 aromatic rings. The van der Waals surface area contributed by atoms with Crippen LogP contribution in [0.4, 0.5) is 5.69 Å². The molecular weight excluding hydrogens is 448 g/mol. The van der Waals surface area contributed by atoms with Crippen LogP contribution in [0.15, 0.2) is 52.4 Å². The Morgan fingerprint density at radius 3 is 2.55 bits per heavy atom. The van der Waals surface area contributed by atoms with Crippen LogP contribution in [0, 0.1) is 0 Å². The number of aliphatic imine (C=N–C) groups is 1. The van der Waals surface area contributed by atoms with Gasteiger partial charge in [0.2, 0.25) is 0 Å². The summed E-state index contributed by atoms with van der Waals surface area (Å²) in [6.07, 6.45) is 1.69. The number of carboxylic acids is 2. The molecule has 0 spiro atoms. The van der Waals surface area contributed by atoms with E-state index in [1.807, 2.05) is 6.92 Å². The number of hydrogen-bond donors (Lipinski definition) is 2. The van der Waals surface area contributed by atoms with Gasteiger partial charge in [0.05, 0.1) is 22.8 Å². The number of rotatable bonds is 9. The molecule has 33 heavy (non-hydrogen) atoms. The average molecular weight is 471 g/mol. The first-order valence-corrected chi connectivity index (χ1v) is 10.9. The third kappa shape index (κ3) is 5.92. The van der Waals surface area contributed by atoms with Crippen molar-refractivity contribution in [3.8, 4) is 11.5 Å². The third-order valence-corrected chi connectivity index (χ3v) is 5.45. The van der Waals surface area contributed by atoms with Gasteiger partial charge in [0.25, 0.3) is 5.91 Å². The molecule has 2 N–H and O–H groups in total. The summed E-state index contributed by atoms with van der Waals surface area (Å²) < 4.78 is 10.8. The Labute approximate surface area is 194 Å². The number of carboxylic acid groups (broad SMARTS) is 2. The number of likely N-dealkylation sites (N-methyl/N-ethyl adjacent to an activating group) is 1. The average Bonchev–Trinajstić information content (AvgIpc) is 3.07. The maximum atomic E-state index is 12.9. The number of carbonyl (C=O) groups is 3. The number of benzene rings is 2. The Bertz CT molecular complexity index is 1140. The molecule has 0 aliphatic carbocycles. The van der Waals surface area contributed by atoms with Gasteiger partial charge in [-0.05, 0) is 67.6 Å². The lowest BCUT2D eigenvalue weighted by molar-refractivity contribution is -0.139. The van der Waals surface area contributed by atoms with Crippen molar-refractivity contribution in [1.82, 2.24) is 4.90 Å². The molecule has 0 aromatic heterocycles. The fourth-order valence-corrected chi connectivity index (χ4v) is 4.04. The monoisotopic (exact) mass is 470 g/mol. The highest BCUT2D eigenvalue weighted by Gasteiger charge is 2.32. The molecule has 1 aliphatic rings. The van der Waals surface area contributed by atoms with E-state index in [1.54, 1.807) is 43.3 Å². The van der Waals surface area contributed by atoms with Gasteiger partial charge in [-0.2, -0.15) is 0 Å². The van der Waals surface area contributed by atoms with Gasteiger partial charge in [-0.1, -0.05) is 12.1 Å². The highest BCUT2D eigenvalue weighted by Crippen LogP contribution is 2.36. The molecule has 0 unspecified atom stereocenters. The number of thioether (sulfide) groups is 1. The molecule has 172 valence electrons. The van der Waals surface area contributed by atoms with Crippen LogP contribution in [-0.2, 0) is 9.59 Å². The Hall–Kier alpha value is -3.79. The van der Waals surface area contributed by atoms with Gasteiger partial charge in [-0.25, -0.2) is 14.6 Å². The van der Waals surface area contributed by atoms with Gasteiger partial charge >= 0.3 is 11.9 Å². The number of hydrogen-bond acceptors (Lipinski definition) is 7. The molecule has 0 saturated carbocycles. The number of aliphatic carboxylic acids is 1. The second-order valence-electron chi connectivity index (χ2n) is 6.73. The molecule has 0 bridgehead atoms. The summed E-state index contributed by atoms with van der Waals surface area (Å²) in [6.45, 7) is 3.87. The van der Waals surface area contributed by atoms with Crippen LogP contribution in [0.5, 0.6) is 11.5 Å². The number of nitrogens with zero attached hydrogens (tertiary/aromatic N) is 2. The zero-order chi connectivity index (χ0) is 24.0. The van der Waals surface area contributed by atoms with Crippen LogP contribution >= 0.6 is 11.8 Å². The normalized spacial score (nSPS) is 15.8. The van der Waals surface area contributed by atoms with Crippen LogP contribution < -0.4 is 9.47 Å². The van der Waals surface area contributed by atoms with E-state index in [4.69, 9.17) is 14.6 Å². The van der Waals surface area contributed by atoms with Gasteiger partial charge in [0.1, 0.15) is 0 Å². The summed E-state index contributed by atoms with van der Waals surface area (Å²) in [7, 11) is 0. The highest BCUT2D eigenvalue weighted by atomic mass is 32.2. The van der Waals surface area contributed by atoms with Gasteiger partial charge in [0, 0.05) is 6.54 Å². The maximum absolute atomic E-state index is 12.9. The van der Waals surface area contributed by atoms with Gasteiger partial charge in [-0.15, -0.1) is 0 Å². The number of ether oxygens (including phenoxy) is 2. The van der Waals surface area contributed by atoms with Gasteiger partial charge < -0.3 is 19.7 Å². The lowest BCUT2D eigenvalue weighted by Gasteiger charge is -2.12. The molecule has 9 nitrogen and oxygen atoms in total. The van der Waals surface area contributed by atoms with Crippen molar-refractivity contribution in [1.29, 1.82) is 0 Å². The van der Waals surface area contributed by atoms with Crippen molar-refractivity contribution < 1.29 is 34.1 Å². The van der Waals surface area contributed by atoms with E-state index in [1.165, 1.54) is 28.8 Å². The molecule has 1 heterocycles. The van der Waals surface area contributed by atoms with Gasteiger partial charge in [0.15, 0.2) is 23.3 Å². The first-order chi connectivity index (χ1) is 15.8. The molecule has 10 heteroatoms. The summed E-state index contributed by atoms with van der Waals surface area (Å²) in [5, 5.41) is 18.5. The first kappa shape index (κ1) is 23.9. The lowest BCUT2D eigenvalue weighted by Crippen LogP contribution is -2.28.